The van der Waals surface area contributed by atoms with Crippen molar-refractivity contribution >= 4 is 89.2 Å². The number of hydrogen-bond acceptors (Lipinski definition) is 12. The summed E-state index contributed by atoms with van der Waals surface area (Å²) >= 11 is 31.8. The molecule has 0 heterocycles. The largest absolute Gasteiger partial charge is 3.00 e. The second-order valence-corrected chi connectivity index (χ2v) is 27.0. The Labute approximate surface area is 402 Å². The first-order chi connectivity index (χ1) is 26.9. The third kappa shape index (κ3) is 17.4. The van der Waals surface area contributed by atoms with Crippen molar-refractivity contribution in [3.8, 4) is 34.5 Å². The zero-order chi connectivity index (χ0) is 41.6. The molecule has 6 nitrogen and oxygen atoms in total. The molecular weight excluding hydrogens is 1020 g/mol. The molecule has 0 amide bonds. The van der Waals surface area contributed by atoms with Crippen molar-refractivity contribution in [3.63, 3.8) is 0 Å². The van der Waals surface area contributed by atoms with E-state index in [1.807, 2.05) is 187 Å². The van der Waals surface area contributed by atoms with Gasteiger partial charge in [0.2, 0.25) is 0 Å². The molecule has 0 saturated carbocycles. The number of para-hydroxylation sites is 6. The normalized spacial score (nSPS) is 10.9. The predicted octanol–water partition coefficient (Wildman–Crippen LogP) is 13.6. The fourth-order valence-electron chi connectivity index (χ4n) is 4.73. The standard InChI is InChI=1S/3C14H15O2PS2.La/c3*1-11-7-3-5-9-13(11)15-17(18,19)16-14-10-6-4-8-12(14)2;/h3*3-10H,1-2H3,(H,18,19);/q;;;+3/p-3. The van der Waals surface area contributed by atoms with Crippen LogP contribution >= 0.6 is 17.1 Å². The summed E-state index contributed by atoms with van der Waals surface area (Å²) in [5, 5.41) is 0. The van der Waals surface area contributed by atoms with Crippen LogP contribution in [0.5, 0.6) is 34.5 Å². The molecule has 58 heavy (non-hydrogen) atoms. The first-order valence-electron chi connectivity index (χ1n) is 17.4. The summed E-state index contributed by atoms with van der Waals surface area (Å²) in [4.78, 5) is 0. The Kier molecular flexibility index (Phi) is 21.0. The van der Waals surface area contributed by atoms with E-state index in [4.69, 9.17) is 99.3 Å². The summed E-state index contributed by atoms with van der Waals surface area (Å²) in [6, 6.07) is 45.8. The summed E-state index contributed by atoms with van der Waals surface area (Å²) in [5.41, 5.74) is -2.35. The van der Waals surface area contributed by atoms with Gasteiger partial charge in [-0.15, -0.1) is 0 Å². The van der Waals surface area contributed by atoms with Crippen LogP contribution in [0, 0.1) is 77.1 Å². The number of benzene rings is 6. The van der Waals surface area contributed by atoms with Crippen molar-refractivity contribution in [1.82, 2.24) is 0 Å². The van der Waals surface area contributed by atoms with Gasteiger partial charge in [0.15, 0.2) is 17.1 Å². The fourth-order valence-corrected chi connectivity index (χ4v) is 10.4. The molecule has 6 rings (SSSR count). The number of aryl methyl sites for hydroxylation is 6. The summed E-state index contributed by atoms with van der Waals surface area (Å²) in [6.07, 6.45) is 0. The summed E-state index contributed by atoms with van der Waals surface area (Å²) in [5.74, 6) is 4.14. The van der Waals surface area contributed by atoms with Crippen molar-refractivity contribution < 1.29 is 62.7 Å². The fraction of sp³-hybridized carbons (Fsp3) is 0.143. The molecule has 0 atom stereocenters. The maximum Gasteiger partial charge on any atom is 3.00 e. The van der Waals surface area contributed by atoms with Gasteiger partial charge >= 0.3 is 35.6 Å². The van der Waals surface area contributed by atoms with Crippen LogP contribution in [0.25, 0.3) is 0 Å². The maximum absolute atomic E-state index is 5.71. The number of rotatable bonds is 12. The van der Waals surface area contributed by atoms with Gasteiger partial charge in [0.1, 0.15) is 34.5 Å². The quantitative estimate of drug-likeness (QED) is 0.0867. The van der Waals surface area contributed by atoms with Crippen LogP contribution in [0.15, 0.2) is 146 Å². The summed E-state index contributed by atoms with van der Waals surface area (Å²) in [7, 11) is 0. The van der Waals surface area contributed by atoms with E-state index in [0.717, 1.165) is 33.4 Å². The topological polar surface area (TPSA) is 55.4 Å². The van der Waals surface area contributed by atoms with Crippen molar-refractivity contribution in [2.75, 3.05) is 0 Å². The van der Waals surface area contributed by atoms with Crippen molar-refractivity contribution in [3.05, 3.63) is 179 Å². The molecule has 0 fully saturated rings. The van der Waals surface area contributed by atoms with E-state index in [2.05, 4.69) is 0 Å². The molecule has 6 aromatic carbocycles. The van der Waals surface area contributed by atoms with Crippen molar-refractivity contribution in [2.45, 2.75) is 41.5 Å². The second-order valence-electron chi connectivity index (χ2n) is 12.5. The zero-order valence-corrected chi connectivity index (χ0v) is 43.9. The van der Waals surface area contributed by atoms with Gasteiger partial charge in [-0.1, -0.05) is 109 Å². The average Bonchev–Trinajstić information content (AvgIpc) is 3.14. The van der Waals surface area contributed by atoms with Crippen LogP contribution in [-0.4, -0.2) is 0 Å². The average molecular weight is 1070 g/mol. The molecular formula is C42H42LaO6P3S6. The molecule has 0 N–H and O–H groups in total. The molecule has 0 aliphatic carbocycles. The van der Waals surface area contributed by atoms with Gasteiger partial charge in [0.25, 0.3) is 0 Å². The van der Waals surface area contributed by atoms with Crippen LogP contribution in [0.3, 0.4) is 0 Å². The Morgan fingerprint density at radius 3 is 0.534 bits per heavy atom. The van der Waals surface area contributed by atoms with Crippen LogP contribution in [0.4, 0.5) is 0 Å². The monoisotopic (exact) mass is 1070 g/mol. The molecule has 0 bridgehead atoms. The van der Waals surface area contributed by atoms with Crippen LogP contribution in [-0.2, 0) is 72.2 Å². The first kappa shape index (κ1) is 50.7. The Balaban J connectivity index is 0.000000231. The smallest absolute Gasteiger partial charge is 0.665 e. The van der Waals surface area contributed by atoms with Gasteiger partial charge < -0.3 is 63.9 Å². The van der Waals surface area contributed by atoms with E-state index in [1.165, 1.54) is 0 Å². The molecule has 16 heteroatoms. The van der Waals surface area contributed by atoms with Gasteiger partial charge in [-0.25, -0.2) is 0 Å². The van der Waals surface area contributed by atoms with E-state index >= 15 is 0 Å². The Bertz CT molecular complexity index is 2000. The molecule has 0 spiro atoms. The molecule has 0 aromatic heterocycles. The zero-order valence-electron chi connectivity index (χ0n) is 32.7. The maximum atomic E-state index is 5.71. The van der Waals surface area contributed by atoms with Crippen molar-refractivity contribution in [2.24, 2.45) is 0 Å². The minimum absolute atomic E-state index is 0. The third-order valence-corrected chi connectivity index (χ3v) is 13.0. The molecule has 0 saturated heterocycles. The predicted molar refractivity (Wildman–Crippen MR) is 256 cm³/mol. The number of hydrogen-bond donors (Lipinski definition) is 0. The van der Waals surface area contributed by atoms with E-state index < -0.39 is 17.1 Å². The summed E-state index contributed by atoms with van der Waals surface area (Å²) in [6.45, 7) is 11.7. The SMILES string of the molecule is Cc1ccccc1OP(=S)([S-])Oc1ccccc1C.Cc1ccccc1OP(=S)([S-])Oc1ccccc1C.Cc1ccccc1OP(=S)([S-])Oc1ccccc1C.[La+3]. The van der Waals surface area contributed by atoms with E-state index in [9.17, 15) is 0 Å². The van der Waals surface area contributed by atoms with Gasteiger partial charge in [0, 0.05) is 0 Å². The molecule has 0 aliphatic heterocycles. The molecule has 6 aromatic rings. The van der Waals surface area contributed by atoms with Gasteiger partial charge in [-0.3, -0.25) is 0 Å². The van der Waals surface area contributed by atoms with E-state index in [1.54, 1.807) is 0 Å². The second kappa shape index (κ2) is 24.1. The summed E-state index contributed by atoms with van der Waals surface area (Å²) < 4.78 is 34.3. The molecule has 300 valence electrons. The third-order valence-electron chi connectivity index (χ3n) is 7.82. The van der Waals surface area contributed by atoms with E-state index in [0.29, 0.717) is 34.5 Å². The van der Waals surface area contributed by atoms with Gasteiger partial charge in [0.05, 0.1) is 0 Å². The first-order valence-corrected chi connectivity index (χ1v) is 28.3. The van der Waals surface area contributed by atoms with Crippen LogP contribution in [0.2, 0.25) is 0 Å². The molecule has 0 aliphatic rings. The van der Waals surface area contributed by atoms with Gasteiger partial charge in [-0.05, 0) is 147 Å². The Hall–Kier alpha value is -1.69. The Morgan fingerprint density at radius 2 is 0.414 bits per heavy atom. The Morgan fingerprint density at radius 1 is 0.293 bits per heavy atom. The van der Waals surface area contributed by atoms with Crippen LogP contribution < -0.4 is 27.1 Å². The van der Waals surface area contributed by atoms with Crippen LogP contribution in [0.1, 0.15) is 33.4 Å². The van der Waals surface area contributed by atoms with E-state index in [-0.39, 0.29) is 35.6 Å². The molecule has 0 radical (unpaired) electrons. The van der Waals surface area contributed by atoms with Gasteiger partial charge in [-0.2, -0.15) is 0 Å². The minimum Gasteiger partial charge on any atom is -0.665 e. The minimum atomic E-state index is -2.77. The van der Waals surface area contributed by atoms with Crippen molar-refractivity contribution in [1.29, 1.82) is 0 Å². The molecule has 0 unspecified atom stereocenters.